The summed E-state index contributed by atoms with van der Waals surface area (Å²) in [7, 11) is 0. The van der Waals surface area contributed by atoms with Crippen LogP contribution in [0.2, 0.25) is 0 Å². The van der Waals surface area contributed by atoms with Gasteiger partial charge in [-0.25, -0.2) is 13.5 Å². The van der Waals surface area contributed by atoms with E-state index in [0.29, 0.717) is 18.4 Å². The molecule has 124 valence electrons. The molecule has 0 saturated heterocycles. The van der Waals surface area contributed by atoms with Crippen molar-refractivity contribution in [2.24, 2.45) is 0 Å². The smallest absolute Gasteiger partial charge is 0.129 e. The molecule has 0 aliphatic carbocycles. The predicted molar refractivity (Wildman–Crippen MR) is 91.5 cm³/mol. The summed E-state index contributed by atoms with van der Waals surface area (Å²) in [4.78, 5) is 0. The number of hydrogen-bond donors (Lipinski definition) is 0. The Hall–Kier alpha value is -2.49. The lowest BCUT2D eigenvalue weighted by molar-refractivity contribution is 0.553. The van der Waals surface area contributed by atoms with Crippen molar-refractivity contribution < 1.29 is 8.78 Å². The molecule has 0 spiro atoms. The van der Waals surface area contributed by atoms with Crippen molar-refractivity contribution in [2.45, 2.75) is 33.6 Å². The molecule has 3 rings (SSSR count). The van der Waals surface area contributed by atoms with E-state index in [1.165, 1.54) is 12.1 Å². The number of rotatable bonds is 4. The van der Waals surface area contributed by atoms with Gasteiger partial charge < -0.3 is 0 Å². The molecule has 2 nitrogen and oxygen atoms in total. The predicted octanol–water partition coefficient (Wildman–Crippen LogP) is 4.86. The van der Waals surface area contributed by atoms with Crippen LogP contribution in [0, 0.1) is 32.4 Å². The van der Waals surface area contributed by atoms with Crippen LogP contribution in [0.25, 0.3) is 5.69 Å². The summed E-state index contributed by atoms with van der Waals surface area (Å²) >= 11 is 0. The molecule has 2 aromatic carbocycles. The number of halogens is 2. The molecule has 4 heteroatoms. The van der Waals surface area contributed by atoms with E-state index in [4.69, 9.17) is 0 Å². The molecule has 0 unspecified atom stereocenters. The minimum atomic E-state index is -0.466. The number of hydrogen-bond acceptors (Lipinski definition) is 1. The second kappa shape index (κ2) is 6.56. The van der Waals surface area contributed by atoms with Gasteiger partial charge in [-0.05, 0) is 75.1 Å². The zero-order valence-electron chi connectivity index (χ0n) is 14.1. The third-order valence-corrected chi connectivity index (χ3v) is 4.14. The first-order valence-corrected chi connectivity index (χ1v) is 8.01. The molecule has 0 amide bonds. The van der Waals surface area contributed by atoms with Gasteiger partial charge in [0.25, 0.3) is 0 Å². The highest BCUT2D eigenvalue weighted by Gasteiger charge is 2.10. The molecule has 1 aromatic heterocycles. The minimum Gasteiger partial charge on any atom is -0.238 e. The first-order chi connectivity index (χ1) is 11.4. The van der Waals surface area contributed by atoms with Gasteiger partial charge in [-0.15, -0.1) is 0 Å². The summed E-state index contributed by atoms with van der Waals surface area (Å²) < 4.78 is 29.7. The first-order valence-electron chi connectivity index (χ1n) is 8.01. The Morgan fingerprint density at radius 1 is 0.875 bits per heavy atom. The normalized spacial score (nSPS) is 11.0. The summed E-state index contributed by atoms with van der Waals surface area (Å²) in [6, 6.07) is 12.7. The lowest BCUT2D eigenvalue weighted by atomic mass is 10.0. The average molecular weight is 326 g/mol. The summed E-state index contributed by atoms with van der Waals surface area (Å²) in [6.07, 6.45) is 0.936. The highest BCUT2D eigenvalue weighted by Crippen LogP contribution is 2.19. The van der Waals surface area contributed by atoms with Crippen molar-refractivity contribution in [3.63, 3.8) is 0 Å². The van der Waals surface area contributed by atoms with Crippen LogP contribution in [0.4, 0.5) is 8.78 Å². The number of aryl methyl sites for hydroxylation is 4. The molecule has 3 aromatic rings. The molecule has 0 bridgehead atoms. The van der Waals surface area contributed by atoms with E-state index in [1.807, 2.05) is 48.9 Å². The summed E-state index contributed by atoms with van der Waals surface area (Å²) in [5.74, 6) is -0.932. The topological polar surface area (TPSA) is 17.8 Å². The molecule has 24 heavy (non-hydrogen) atoms. The summed E-state index contributed by atoms with van der Waals surface area (Å²) in [6.45, 7) is 5.66. The van der Waals surface area contributed by atoms with Gasteiger partial charge >= 0.3 is 0 Å². The number of aromatic nitrogens is 2. The van der Waals surface area contributed by atoms with Crippen LogP contribution >= 0.6 is 0 Å². The fraction of sp³-hybridized carbons (Fsp3) is 0.250. The van der Waals surface area contributed by atoms with Crippen molar-refractivity contribution in [1.82, 2.24) is 9.78 Å². The molecule has 0 atom stereocenters. The van der Waals surface area contributed by atoms with Gasteiger partial charge in [0, 0.05) is 11.3 Å². The Morgan fingerprint density at radius 3 is 2.04 bits per heavy atom. The van der Waals surface area contributed by atoms with E-state index < -0.39 is 11.6 Å². The Labute approximate surface area is 140 Å². The lowest BCUT2D eigenvalue weighted by Gasteiger charge is -2.08. The molecule has 0 radical (unpaired) electrons. The minimum absolute atomic E-state index is 0.156. The maximum atomic E-state index is 13.9. The highest BCUT2D eigenvalue weighted by molar-refractivity contribution is 5.36. The highest BCUT2D eigenvalue weighted by atomic mass is 19.1. The Bertz CT molecular complexity index is 841. The number of benzene rings is 2. The van der Waals surface area contributed by atoms with Crippen LogP contribution in [0.3, 0.4) is 0 Å². The second-order valence-corrected chi connectivity index (χ2v) is 6.21. The van der Waals surface area contributed by atoms with Gasteiger partial charge in [-0.1, -0.05) is 12.1 Å². The quantitative estimate of drug-likeness (QED) is 0.669. The maximum Gasteiger partial charge on any atom is 0.129 e. The van der Waals surface area contributed by atoms with Crippen molar-refractivity contribution in [3.05, 3.63) is 82.2 Å². The van der Waals surface area contributed by atoms with E-state index in [1.54, 1.807) is 6.92 Å². The molecule has 0 N–H and O–H groups in total. The molecule has 0 saturated carbocycles. The van der Waals surface area contributed by atoms with Gasteiger partial charge in [0.1, 0.15) is 11.6 Å². The maximum absolute atomic E-state index is 13.9. The van der Waals surface area contributed by atoms with Crippen LogP contribution < -0.4 is 0 Å². The Balaban J connectivity index is 1.75. The van der Waals surface area contributed by atoms with Crippen LogP contribution in [0.1, 0.15) is 28.1 Å². The van der Waals surface area contributed by atoms with Crippen LogP contribution in [0.15, 0.2) is 42.5 Å². The van der Waals surface area contributed by atoms with Crippen molar-refractivity contribution >= 4 is 0 Å². The lowest BCUT2D eigenvalue weighted by Crippen LogP contribution is -2.01. The molecular weight excluding hydrogens is 306 g/mol. The molecule has 0 fully saturated rings. The van der Waals surface area contributed by atoms with Gasteiger partial charge in [0.05, 0.1) is 11.4 Å². The third kappa shape index (κ3) is 3.37. The Kier molecular flexibility index (Phi) is 4.47. The van der Waals surface area contributed by atoms with Gasteiger partial charge in [0.15, 0.2) is 0 Å². The average Bonchev–Trinajstić information content (AvgIpc) is 2.85. The van der Waals surface area contributed by atoms with Crippen molar-refractivity contribution in [2.75, 3.05) is 0 Å². The fourth-order valence-electron chi connectivity index (χ4n) is 2.93. The van der Waals surface area contributed by atoms with Gasteiger partial charge in [0.2, 0.25) is 0 Å². The standard InChI is InChI=1S/C20H20F2N2/c1-13-10-19(21)18(20(22)11-13)9-6-16-4-7-17(8-5-16)24-15(3)12-14(2)23-24/h4-5,7-8,10-12H,6,9H2,1-3H3. The van der Waals surface area contributed by atoms with Crippen LogP contribution in [-0.2, 0) is 12.8 Å². The fourth-order valence-corrected chi connectivity index (χ4v) is 2.93. The third-order valence-electron chi connectivity index (χ3n) is 4.14. The summed E-state index contributed by atoms with van der Waals surface area (Å²) in [5.41, 5.74) is 4.83. The van der Waals surface area contributed by atoms with E-state index in [9.17, 15) is 8.78 Å². The molecule has 1 heterocycles. The van der Waals surface area contributed by atoms with Gasteiger partial charge in [-0.3, -0.25) is 0 Å². The number of nitrogens with zero attached hydrogens (tertiary/aromatic N) is 2. The van der Waals surface area contributed by atoms with Crippen molar-refractivity contribution in [3.8, 4) is 5.69 Å². The SMILES string of the molecule is Cc1cc(F)c(CCc2ccc(-n3nc(C)cc3C)cc2)c(F)c1. The van der Waals surface area contributed by atoms with E-state index in [0.717, 1.165) is 22.6 Å². The monoisotopic (exact) mass is 326 g/mol. The van der Waals surface area contributed by atoms with Crippen LogP contribution in [-0.4, -0.2) is 9.78 Å². The molecule has 0 aliphatic rings. The van der Waals surface area contributed by atoms with Crippen LogP contribution in [0.5, 0.6) is 0 Å². The van der Waals surface area contributed by atoms with E-state index in [2.05, 4.69) is 5.10 Å². The van der Waals surface area contributed by atoms with Gasteiger partial charge in [-0.2, -0.15) is 5.10 Å². The second-order valence-electron chi connectivity index (χ2n) is 6.21. The zero-order chi connectivity index (χ0) is 17.3. The van der Waals surface area contributed by atoms with E-state index in [-0.39, 0.29) is 5.56 Å². The molecular formula is C20H20F2N2. The van der Waals surface area contributed by atoms with Crippen molar-refractivity contribution in [1.29, 1.82) is 0 Å². The zero-order valence-corrected chi connectivity index (χ0v) is 14.1. The van der Waals surface area contributed by atoms with E-state index >= 15 is 0 Å². The Morgan fingerprint density at radius 2 is 1.50 bits per heavy atom. The first kappa shape index (κ1) is 16.4. The largest absolute Gasteiger partial charge is 0.238 e. The molecule has 0 aliphatic heterocycles. The summed E-state index contributed by atoms with van der Waals surface area (Å²) in [5, 5.41) is 4.45.